The summed E-state index contributed by atoms with van der Waals surface area (Å²) >= 11 is 1.40. The predicted molar refractivity (Wildman–Crippen MR) is 31.0 cm³/mol. The first-order valence-corrected chi connectivity index (χ1v) is 2.64. The number of aromatic nitrogens is 1. The molecule has 0 saturated heterocycles. The monoisotopic (exact) mass is 113 g/mol. The van der Waals surface area contributed by atoms with E-state index in [2.05, 4.69) is 11.9 Å². The molecule has 0 spiro atoms. The maximum absolute atomic E-state index is 5.25. The van der Waals surface area contributed by atoms with Crippen LogP contribution in [0, 0.1) is 6.92 Å². The van der Waals surface area contributed by atoms with Crippen LogP contribution in [0.3, 0.4) is 0 Å². The molecule has 1 rings (SSSR count). The normalized spacial score (nSPS) is 9.29. The second kappa shape index (κ2) is 1.50. The molecule has 0 atom stereocenters. The molecule has 0 aliphatic rings. The third-order valence-corrected chi connectivity index (χ3v) is 1.25. The smallest absolute Gasteiger partial charge is 0.180 e. The fourth-order valence-corrected chi connectivity index (χ4v) is 0.802. The fraction of sp³-hybridized carbons (Fsp3) is 0. The molecule has 0 aliphatic heterocycles. The standard InChI is InChI=1S/C4H5N2S/c1-3-2-6-4(5)7-3/h2H,1H2,(H2,5,6). The van der Waals surface area contributed by atoms with Crippen molar-refractivity contribution < 1.29 is 0 Å². The van der Waals surface area contributed by atoms with E-state index in [0.29, 0.717) is 5.13 Å². The third kappa shape index (κ3) is 0.899. The molecule has 2 N–H and O–H groups in total. The molecule has 0 unspecified atom stereocenters. The van der Waals surface area contributed by atoms with Gasteiger partial charge in [-0.15, -0.1) is 11.3 Å². The first-order valence-electron chi connectivity index (χ1n) is 1.82. The molecule has 1 aromatic rings. The quantitative estimate of drug-likeness (QED) is 0.543. The van der Waals surface area contributed by atoms with Crippen molar-refractivity contribution in [2.75, 3.05) is 5.73 Å². The number of rotatable bonds is 0. The highest BCUT2D eigenvalue weighted by Gasteiger charge is 1.87. The van der Waals surface area contributed by atoms with Gasteiger partial charge in [0.2, 0.25) is 0 Å². The van der Waals surface area contributed by atoms with Crippen LogP contribution in [-0.4, -0.2) is 4.98 Å². The lowest BCUT2D eigenvalue weighted by molar-refractivity contribution is 1.41. The van der Waals surface area contributed by atoms with E-state index >= 15 is 0 Å². The SMILES string of the molecule is [CH2]c1cnc(N)s1. The minimum Gasteiger partial charge on any atom is -0.375 e. The summed E-state index contributed by atoms with van der Waals surface area (Å²) in [5, 5.41) is 0.588. The van der Waals surface area contributed by atoms with Gasteiger partial charge in [0.1, 0.15) is 0 Å². The number of nitrogens with zero attached hydrogens (tertiary/aromatic N) is 1. The summed E-state index contributed by atoms with van der Waals surface area (Å²) in [5.41, 5.74) is 5.25. The van der Waals surface area contributed by atoms with Crippen molar-refractivity contribution in [2.45, 2.75) is 0 Å². The average molecular weight is 113 g/mol. The first-order chi connectivity index (χ1) is 3.29. The number of nitrogens with two attached hydrogens (primary N) is 1. The Labute approximate surface area is 46.0 Å². The van der Waals surface area contributed by atoms with Gasteiger partial charge in [0.25, 0.3) is 0 Å². The van der Waals surface area contributed by atoms with E-state index in [-0.39, 0.29) is 0 Å². The summed E-state index contributed by atoms with van der Waals surface area (Å²) < 4.78 is 0. The topological polar surface area (TPSA) is 38.9 Å². The molecular formula is C4H5N2S. The fourth-order valence-electron chi connectivity index (χ4n) is 0.323. The summed E-state index contributed by atoms with van der Waals surface area (Å²) in [4.78, 5) is 4.66. The molecule has 0 fully saturated rings. The van der Waals surface area contributed by atoms with Crippen molar-refractivity contribution in [3.8, 4) is 0 Å². The molecule has 3 heteroatoms. The van der Waals surface area contributed by atoms with Gasteiger partial charge in [-0.1, -0.05) is 0 Å². The van der Waals surface area contributed by atoms with Crippen LogP contribution in [0.5, 0.6) is 0 Å². The summed E-state index contributed by atoms with van der Waals surface area (Å²) in [6.07, 6.45) is 1.65. The maximum atomic E-state index is 5.25. The highest BCUT2D eigenvalue weighted by molar-refractivity contribution is 7.15. The number of thiazole rings is 1. The minimum atomic E-state index is 0.588. The van der Waals surface area contributed by atoms with Gasteiger partial charge in [-0.2, -0.15) is 0 Å². The van der Waals surface area contributed by atoms with Gasteiger partial charge in [-0.25, -0.2) is 4.98 Å². The zero-order chi connectivity index (χ0) is 5.28. The van der Waals surface area contributed by atoms with Crippen LogP contribution in [0.15, 0.2) is 6.20 Å². The number of anilines is 1. The van der Waals surface area contributed by atoms with Crippen LogP contribution < -0.4 is 5.73 Å². The molecule has 1 heterocycles. The molecular weight excluding hydrogens is 108 g/mol. The van der Waals surface area contributed by atoms with Gasteiger partial charge >= 0.3 is 0 Å². The van der Waals surface area contributed by atoms with E-state index in [1.807, 2.05) is 0 Å². The Morgan fingerprint density at radius 1 is 1.86 bits per heavy atom. The van der Waals surface area contributed by atoms with E-state index in [0.717, 1.165) is 4.88 Å². The van der Waals surface area contributed by atoms with Crippen LogP contribution in [-0.2, 0) is 0 Å². The molecule has 1 aromatic heterocycles. The van der Waals surface area contributed by atoms with Crippen molar-refractivity contribution in [2.24, 2.45) is 0 Å². The highest BCUT2D eigenvalue weighted by atomic mass is 32.1. The molecule has 0 saturated carbocycles. The predicted octanol–water partition coefficient (Wildman–Crippen LogP) is 0.907. The molecule has 0 amide bonds. The highest BCUT2D eigenvalue weighted by Crippen LogP contribution is 2.11. The number of hydrogen-bond acceptors (Lipinski definition) is 3. The zero-order valence-electron chi connectivity index (χ0n) is 3.72. The molecule has 0 aliphatic carbocycles. The zero-order valence-corrected chi connectivity index (χ0v) is 4.53. The Kier molecular flexibility index (Phi) is 0.982. The summed E-state index contributed by atoms with van der Waals surface area (Å²) in [7, 11) is 0. The van der Waals surface area contributed by atoms with E-state index in [1.165, 1.54) is 11.3 Å². The Morgan fingerprint density at radius 3 is 2.71 bits per heavy atom. The largest absolute Gasteiger partial charge is 0.375 e. The molecule has 0 bridgehead atoms. The average Bonchev–Trinajstić information content (AvgIpc) is 1.87. The molecule has 7 heavy (non-hydrogen) atoms. The second-order valence-corrected chi connectivity index (χ2v) is 2.31. The van der Waals surface area contributed by atoms with Crippen LogP contribution in [0.4, 0.5) is 5.13 Å². The number of nitrogen functional groups attached to an aromatic ring is 1. The van der Waals surface area contributed by atoms with E-state index in [1.54, 1.807) is 6.20 Å². The Balaban J connectivity index is 3.04. The van der Waals surface area contributed by atoms with Gasteiger partial charge in [-0.05, 0) is 6.92 Å². The Morgan fingerprint density at radius 2 is 2.57 bits per heavy atom. The molecule has 1 radical (unpaired) electrons. The van der Waals surface area contributed by atoms with Gasteiger partial charge in [-0.3, -0.25) is 0 Å². The van der Waals surface area contributed by atoms with Gasteiger partial charge in [0.15, 0.2) is 5.13 Å². The van der Waals surface area contributed by atoms with Crippen LogP contribution >= 0.6 is 11.3 Å². The second-order valence-electron chi connectivity index (χ2n) is 1.16. The van der Waals surface area contributed by atoms with Crippen molar-refractivity contribution in [3.63, 3.8) is 0 Å². The number of hydrogen-bond donors (Lipinski definition) is 1. The van der Waals surface area contributed by atoms with Crippen molar-refractivity contribution in [3.05, 3.63) is 18.0 Å². The van der Waals surface area contributed by atoms with Gasteiger partial charge in [0.05, 0.1) is 0 Å². The van der Waals surface area contributed by atoms with Gasteiger partial charge < -0.3 is 5.73 Å². The first kappa shape index (κ1) is 4.59. The van der Waals surface area contributed by atoms with Crippen molar-refractivity contribution in [1.29, 1.82) is 0 Å². The maximum Gasteiger partial charge on any atom is 0.180 e. The molecule has 0 aromatic carbocycles. The van der Waals surface area contributed by atoms with Crippen LogP contribution in [0.1, 0.15) is 4.88 Å². The lowest BCUT2D eigenvalue weighted by atomic mass is 10.7. The van der Waals surface area contributed by atoms with E-state index < -0.39 is 0 Å². The Hall–Kier alpha value is -0.570. The summed E-state index contributed by atoms with van der Waals surface area (Å²) in [6, 6.07) is 0. The summed E-state index contributed by atoms with van der Waals surface area (Å²) in [5.74, 6) is 0. The summed E-state index contributed by atoms with van der Waals surface area (Å²) in [6.45, 7) is 3.62. The Bertz CT molecular complexity index is 142. The molecule has 2 nitrogen and oxygen atoms in total. The van der Waals surface area contributed by atoms with Crippen LogP contribution in [0.2, 0.25) is 0 Å². The van der Waals surface area contributed by atoms with Crippen molar-refractivity contribution in [1.82, 2.24) is 4.98 Å². The van der Waals surface area contributed by atoms with Crippen LogP contribution in [0.25, 0.3) is 0 Å². The third-order valence-electron chi connectivity index (χ3n) is 0.571. The van der Waals surface area contributed by atoms with E-state index in [4.69, 9.17) is 5.73 Å². The van der Waals surface area contributed by atoms with Crippen molar-refractivity contribution >= 4 is 16.5 Å². The lowest BCUT2D eigenvalue weighted by Gasteiger charge is -1.70. The molecule has 37 valence electrons. The van der Waals surface area contributed by atoms with Gasteiger partial charge in [0, 0.05) is 11.1 Å². The lowest BCUT2D eigenvalue weighted by Crippen LogP contribution is -1.77. The van der Waals surface area contributed by atoms with E-state index in [9.17, 15) is 0 Å². The minimum absolute atomic E-state index is 0.588.